The summed E-state index contributed by atoms with van der Waals surface area (Å²) >= 11 is 1.32. The highest BCUT2D eigenvalue weighted by atomic mass is 32.1. The molecule has 0 atom stereocenters. The van der Waals surface area contributed by atoms with Gasteiger partial charge in [0.15, 0.2) is 0 Å². The second-order valence-corrected chi connectivity index (χ2v) is 5.63. The van der Waals surface area contributed by atoms with E-state index in [0.29, 0.717) is 17.1 Å². The van der Waals surface area contributed by atoms with Crippen molar-refractivity contribution in [1.82, 2.24) is 4.90 Å². The number of rotatable bonds is 7. The molecule has 6 nitrogen and oxygen atoms in total. The molecule has 0 unspecified atom stereocenters. The van der Waals surface area contributed by atoms with Crippen LogP contribution in [0, 0.1) is 11.3 Å². The first-order valence-electron chi connectivity index (χ1n) is 6.56. The van der Waals surface area contributed by atoms with Gasteiger partial charge in [-0.3, -0.25) is 14.5 Å². The number of anilines is 1. The van der Waals surface area contributed by atoms with Crippen molar-refractivity contribution < 1.29 is 14.3 Å². The van der Waals surface area contributed by atoms with Crippen LogP contribution in [-0.4, -0.2) is 43.0 Å². The van der Waals surface area contributed by atoms with E-state index in [1.807, 2.05) is 24.8 Å². The summed E-state index contributed by atoms with van der Waals surface area (Å²) in [4.78, 5) is 25.1. The first-order valence-corrected chi connectivity index (χ1v) is 7.44. The molecule has 0 radical (unpaired) electrons. The molecule has 1 aromatic rings. The van der Waals surface area contributed by atoms with Gasteiger partial charge in [-0.2, -0.15) is 5.26 Å². The van der Waals surface area contributed by atoms with Crippen molar-refractivity contribution >= 4 is 28.2 Å². The molecule has 0 saturated carbocycles. The molecule has 114 valence electrons. The van der Waals surface area contributed by atoms with Gasteiger partial charge in [0.2, 0.25) is 5.91 Å². The Labute approximate surface area is 128 Å². The van der Waals surface area contributed by atoms with Crippen LogP contribution < -0.4 is 5.32 Å². The maximum Gasteiger partial charge on any atom is 0.319 e. The summed E-state index contributed by atoms with van der Waals surface area (Å²) in [6.07, 6.45) is 0.248. The molecule has 1 rings (SSSR count). The van der Waals surface area contributed by atoms with Crippen LogP contribution >= 0.6 is 11.3 Å². The van der Waals surface area contributed by atoms with E-state index in [0.717, 1.165) is 0 Å². The molecular formula is C14H19N3O3S. The number of nitrogens with one attached hydrogen (secondary N) is 1. The zero-order valence-electron chi connectivity index (χ0n) is 12.4. The quantitative estimate of drug-likeness (QED) is 0.777. The third kappa shape index (κ3) is 5.53. The number of carbonyl (C=O) groups excluding carboxylic acids is 2. The summed E-state index contributed by atoms with van der Waals surface area (Å²) in [6.45, 7) is 4.51. The Morgan fingerprint density at radius 1 is 1.52 bits per heavy atom. The largest absolute Gasteiger partial charge is 0.468 e. The Morgan fingerprint density at radius 2 is 2.24 bits per heavy atom. The fourth-order valence-electron chi connectivity index (χ4n) is 1.68. The molecule has 1 N–H and O–H groups in total. The van der Waals surface area contributed by atoms with Gasteiger partial charge in [-0.25, -0.2) is 0 Å². The van der Waals surface area contributed by atoms with Crippen LogP contribution in [0.4, 0.5) is 5.00 Å². The number of carbonyl (C=O) groups is 2. The smallest absolute Gasteiger partial charge is 0.319 e. The summed E-state index contributed by atoms with van der Waals surface area (Å²) in [5, 5.41) is 13.9. The Balaban J connectivity index is 2.50. The summed E-state index contributed by atoms with van der Waals surface area (Å²) in [5.74, 6) is -0.501. The molecule has 0 saturated heterocycles. The van der Waals surface area contributed by atoms with Crippen molar-refractivity contribution in [3.63, 3.8) is 0 Å². The molecule has 1 heterocycles. The zero-order valence-corrected chi connectivity index (χ0v) is 13.2. The standard InChI is InChI=1S/C14H19N3O3S/c1-10(2)17(9-13(19)20-3)6-4-12(18)16-14-11(8-15)5-7-21-14/h5,7,10H,4,6,9H2,1-3H3,(H,16,18). The van der Waals surface area contributed by atoms with Gasteiger partial charge in [0, 0.05) is 19.0 Å². The molecule has 0 fully saturated rings. The molecule has 7 heteroatoms. The topological polar surface area (TPSA) is 82.4 Å². The van der Waals surface area contributed by atoms with Crippen LogP contribution in [0.15, 0.2) is 11.4 Å². The molecule has 1 aromatic heterocycles. The SMILES string of the molecule is COC(=O)CN(CCC(=O)Nc1sccc1C#N)C(C)C. The molecule has 21 heavy (non-hydrogen) atoms. The Bertz CT molecular complexity index is 534. The average molecular weight is 309 g/mol. The van der Waals surface area contributed by atoms with Gasteiger partial charge in [0.1, 0.15) is 11.1 Å². The van der Waals surface area contributed by atoms with Crippen molar-refractivity contribution in [2.45, 2.75) is 26.3 Å². The summed E-state index contributed by atoms with van der Waals surface area (Å²) in [6, 6.07) is 3.82. The molecular weight excluding hydrogens is 290 g/mol. The van der Waals surface area contributed by atoms with Crippen LogP contribution in [0.3, 0.4) is 0 Å². The molecule has 1 amide bonds. The van der Waals surface area contributed by atoms with Crippen molar-refractivity contribution in [2.24, 2.45) is 0 Å². The monoisotopic (exact) mass is 309 g/mol. The second kappa shape index (κ2) is 8.39. The van der Waals surface area contributed by atoms with E-state index in [1.54, 1.807) is 11.4 Å². The van der Waals surface area contributed by atoms with E-state index in [9.17, 15) is 9.59 Å². The van der Waals surface area contributed by atoms with Gasteiger partial charge in [-0.05, 0) is 25.3 Å². The average Bonchev–Trinajstić information content (AvgIpc) is 2.89. The van der Waals surface area contributed by atoms with E-state index in [1.165, 1.54) is 18.4 Å². The number of nitrogens with zero attached hydrogens (tertiary/aromatic N) is 2. The van der Waals surface area contributed by atoms with E-state index in [4.69, 9.17) is 5.26 Å². The van der Waals surface area contributed by atoms with Crippen molar-refractivity contribution in [2.75, 3.05) is 25.5 Å². The number of hydrogen-bond donors (Lipinski definition) is 1. The molecule has 0 aromatic carbocycles. The molecule has 0 spiro atoms. The number of thiophene rings is 1. The normalized spacial score (nSPS) is 10.5. The minimum atomic E-state index is -0.325. The summed E-state index contributed by atoms with van der Waals surface area (Å²) < 4.78 is 4.64. The highest BCUT2D eigenvalue weighted by Crippen LogP contribution is 2.22. The summed E-state index contributed by atoms with van der Waals surface area (Å²) in [5.41, 5.74) is 0.462. The molecule has 0 aliphatic rings. The lowest BCUT2D eigenvalue weighted by Gasteiger charge is -2.24. The van der Waals surface area contributed by atoms with E-state index < -0.39 is 0 Å². The Morgan fingerprint density at radius 3 is 2.81 bits per heavy atom. The van der Waals surface area contributed by atoms with Gasteiger partial charge in [-0.15, -0.1) is 11.3 Å². The predicted molar refractivity (Wildman–Crippen MR) is 81.0 cm³/mol. The van der Waals surface area contributed by atoms with Gasteiger partial charge in [0.25, 0.3) is 0 Å². The molecule has 0 bridgehead atoms. The maximum atomic E-state index is 11.9. The van der Waals surface area contributed by atoms with Crippen LogP contribution in [0.1, 0.15) is 25.8 Å². The third-order valence-electron chi connectivity index (χ3n) is 2.95. The van der Waals surface area contributed by atoms with E-state index >= 15 is 0 Å². The maximum absolute atomic E-state index is 11.9. The molecule has 0 aliphatic carbocycles. The van der Waals surface area contributed by atoms with E-state index in [2.05, 4.69) is 10.1 Å². The number of esters is 1. The van der Waals surface area contributed by atoms with Crippen molar-refractivity contribution in [3.05, 3.63) is 17.0 Å². The van der Waals surface area contributed by atoms with Crippen LogP contribution in [-0.2, 0) is 14.3 Å². The van der Waals surface area contributed by atoms with Crippen LogP contribution in [0.2, 0.25) is 0 Å². The number of ether oxygens (including phenoxy) is 1. The van der Waals surface area contributed by atoms with Gasteiger partial charge < -0.3 is 10.1 Å². The first-order chi connectivity index (χ1) is 9.97. The second-order valence-electron chi connectivity index (χ2n) is 4.71. The Hall–Kier alpha value is -1.91. The minimum Gasteiger partial charge on any atom is -0.468 e. The van der Waals surface area contributed by atoms with Crippen LogP contribution in [0.25, 0.3) is 0 Å². The number of hydrogen-bond acceptors (Lipinski definition) is 6. The van der Waals surface area contributed by atoms with Crippen LogP contribution in [0.5, 0.6) is 0 Å². The molecule has 0 aliphatic heterocycles. The summed E-state index contributed by atoms with van der Waals surface area (Å²) in [7, 11) is 1.34. The lowest BCUT2D eigenvalue weighted by molar-refractivity contribution is -0.142. The van der Waals surface area contributed by atoms with Gasteiger partial charge >= 0.3 is 5.97 Å². The number of methoxy groups -OCH3 is 1. The van der Waals surface area contributed by atoms with Gasteiger partial charge in [-0.1, -0.05) is 0 Å². The lowest BCUT2D eigenvalue weighted by Crippen LogP contribution is -2.38. The predicted octanol–water partition coefficient (Wildman–Crippen LogP) is 1.83. The fourth-order valence-corrected chi connectivity index (χ4v) is 2.43. The third-order valence-corrected chi connectivity index (χ3v) is 3.78. The number of amides is 1. The van der Waals surface area contributed by atoms with E-state index in [-0.39, 0.29) is 30.9 Å². The van der Waals surface area contributed by atoms with Crippen molar-refractivity contribution in [3.8, 4) is 6.07 Å². The van der Waals surface area contributed by atoms with Crippen molar-refractivity contribution in [1.29, 1.82) is 5.26 Å². The number of nitriles is 1. The first kappa shape index (κ1) is 17.1. The minimum absolute atomic E-state index is 0.133. The fraction of sp³-hybridized carbons (Fsp3) is 0.500. The lowest BCUT2D eigenvalue weighted by atomic mass is 10.2. The van der Waals surface area contributed by atoms with Gasteiger partial charge in [0.05, 0.1) is 19.2 Å². The Kier molecular flexibility index (Phi) is 6.85. The zero-order chi connectivity index (χ0) is 15.8. The highest BCUT2D eigenvalue weighted by Gasteiger charge is 2.16. The highest BCUT2D eigenvalue weighted by molar-refractivity contribution is 7.14.